The third-order valence-corrected chi connectivity index (χ3v) is 6.86. The quantitative estimate of drug-likeness (QED) is 0.382. The number of hydrogen-bond donors (Lipinski definition) is 3. The topological polar surface area (TPSA) is 112 Å². The summed E-state index contributed by atoms with van der Waals surface area (Å²) in [5, 5.41) is 0.849. The second kappa shape index (κ2) is 7.88. The smallest absolute Gasteiger partial charge is 0.314 e. The van der Waals surface area contributed by atoms with Gasteiger partial charge in [0, 0.05) is 16.1 Å². The molecule has 0 saturated carbocycles. The van der Waals surface area contributed by atoms with Gasteiger partial charge in [0.1, 0.15) is 0 Å². The van der Waals surface area contributed by atoms with Crippen LogP contribution in [0.25, 0.3) is 22.2 Å². The second-order valence-electron chi connectivity index (χ2n) is 6.85. The van der Waals surface area contributed by atoms with Gasteiger partial charge in [-0.15, -0.1) is 0 Å². The number of benzene rings is 3. The maximum Gasteiger partial charge on any atom is 0.314 e. The van der Waals surface area contributed by atoms with Gasteiger partial charge in [-0.05, 0) is 42.8 Å². The summed E-state index contributed by atoms with van der Waals surface area (Å²) in [6.45, 7) is 1.59. The zero-order chi connectivity index (χ0) is 22.3. The molecule has 0 bridgehead atoms. The lowest BCUT2D eigenvalue weighted by molar-refractivity contribution is 0.600. The van der Waals surface area contributed by atoms with Crippen molar-refractivity contribution >= 4 is 49.9 Å². The van der Waals surface area contributed by atoms with Crippen LogP contribution in [0, 0.1) is 6.92 Å². The van der Waals surface area contributed by atoms with E-state index in [1.165, 1.54) is 18.2 Å². The molecule has 7 nitrogen and oxygen atoms in total. The molecule has 0 radical (unpaired) electrons. The lowest BCUT2D eigenvalue weighted by Crippen LogP contribution is -2.29. The number of aromatic amines is 2. The number of H-pyrrole nitrogens is 2. The lowest BCUT2D eigenvalue weighted by Gasteiger charge is -2.13. The molecule has 3 N–H and O–H groups in total. The van der Waals surface area contributed by atoms with Crippen LogP contribution in [-0.2, 0) is 10.0 Å². The van der Waals surface area contributed by atoms with Crippen LogP contribution in [-0.4, -0.2) is 18.4 Å². The van der Waals surface area contributed by atoms with Gasteiger partial charge < -0.3 is 9.97 Å². The first kappa shape index (κ1) is 21.2. The molecule has 4 aromatic rings. The Balaban J connectivity index is 1.72. The molecule has 158 valence electrons. The van der Waals surface area contributed by atoms with E-state index in [1.54, 1.807) is 31.2 Å². The van der Waals surface area contributed by atoms with Crippen molar-refractivity contribution in [3.63, 3.8) is 0 Å². The van der Waals surface area contributed by atoms with Crippen molar-refractivity contribution in [2.45, 2.75) is 11.8 Å². The lowest BCUT2D eigenvalue weighted by atomic mass is 10.1. The van der Waals surface area contributed by atoms with Crippen LogP contribution in [0.15, 0.2) is 69.1 Å². The van der Waals surface area contributed by atoms with E-state index in [9.17, 15) is 18.0 Å². The van der Waals surface area contributed by atoms with Crippen LogP contribution in [0.4, 0.5) is 5.69 Å². The first-order valence-corrected chi connectivity index (χ1v) is 11.2. The number of hydrogen-bond acceptors (Lipinski definition) is 4. The first-order chi connectivity index (χ1) is 14.7. The van der Waals surface area contributed by atoms with Gasteiger partial charge in [-0.25, -0.2) is 8.42 Å². The molecule has 0 saturated heterocycles. The molecular formula is C21H15Cl2N3O4S. The van der Waals surface area contributed by atoms with Gasteiger partial charge in [-0.2, -0.15) is 0 Å². The van der Waals surface area contributed by atoms with E-state index < -0.39 is 21.1 Å². The standard InChI is InChI=1S/C21H15Cl2N3O4S/c1-11-8-17-18(25-21(28)20(27)24-17)10-19(11)31(29,30)26-12-6-7-14(16(23)9-12)13-4-2-3-5-15(13)22/h2-10,26H,1H3,(H,24,27)(H,25,28). The Hall–Kier alpha value is -3.07. The Bertz CT molecular complexity index is 1560. The monoisotopic (exact) mass is 475 g/mol. The van der Waals surface area contributed by atoms with Crippen molar-refractivity contribution in [3.8, 4) is 11.1 Å². The predicted octanol–water partition coefficient (Wildman–Crippen LogP) is 4.30. The fourth-order valence-electron chi connectivity index (χ4n) is 3.23. The normalized spacial score (nSPS) is 11.6. The van der Waals surface area contributed by atoms with Crippen LogP contribution in [0.1, 0.15) is 5.56 Å². The zero-order valence-electron chi connectivity index (χ0n) is 16.0. The summed E-state index contributed by atoms with van der Waals surface area (Å²) in [5.74, 6) is 0. The molecule has 0 aliphatic rings. The number of nitrogens with one attached hydrogen (secondary N) is 3. The Morgan fingerprint density at radius 2 is 1.42 bits per heavy atom. The molecule has 0 amide bonds. The van der Waals surface area contributed by atoms with Gasteiger partial charge >= 0.3 is 11.1 Å². The highest BCUT2D eigenvalue weighted by atomic mass is 35.5. The van der Waals surface area contributed by atoms with E-state index in [2.05, 4.69) is 14.7 Å². The average Bonchev–Trinajstić information content (AvgIpc) is 2.69. The molecule has 4 rings (SSSR count). The molecule has 0 atom stereocenters. The molecule has 31 heavy (non-hydrogen) atoms. The molecule has 1 aromatic heterocycles. The van der Waals surface area contributed by atoms with Gasteiger partial charge in [0.2, 0.25) is 0 Å². The highest BCUT2D eigenvalue weighted by Gasteiger charge is 2.19. The van der Waals surface area contributed by atoms with E-state index in [0.717, 1.165) is 5.56 Å². The van der Waals surface area contributed by atoms with Crippen LogP contribution >= 0.6 is 23.2 Å². The maximum absolute atomic E-state index is 13.0. The van der Waals surface area contributed by atoms with Gasteiger partial charge in [0.25, 0.3) is 10.0 Å². The number of anilines is 1. The number of fused-ring (bicyclic) bond motifs is 1. The molecule has 10 heteroatoms. The Morgan fingerprint density at radius 3 is 2.06 bits per heavy atom. The van der Waals surface area contributed by atoms with Crippen molar-refractivity contribution in [2.24, 2.45) is 0 Å². The van der Waals surface area contributed by atoms with Crippen molar-refractivity contribution in [3.05, 3.63) is 90.9 Å². The molecule has 0 fully saturated rings. The van der Waals surface area contributed by atoms with Crippen molar-refractivity contribution in [1.29, 1.82) is 0 Å². The number of halogens is 2. The molecular weight excluding hydrogens is 461 g/mol. The van der Waals surface area contributed by atoms with Gasteiger partial charge in [-0.1, -0.05) is 47.5 Å². The van der Waals surface area contributed by atoms with Gasteiger partial charge in [0.15, 0.2) is 0 Å². The summed E-state index contributed by atoms with van der Waals surface area (Å²) in [7, 11) is -4.01. The number of aromatic nitrogens is 2. The average molecular weight is 476 g/mol. The second-order valence-corrected chi connectivity index (χ2v) is 9.32. The van der Waals surface area contributed by atoms with Crippen LogP contribution in [0.3, 0.4) is 0 Å². The highest BCUT2D eigenvalue weighted by molar-refractivity contribution is 7.92. The van der Waals surface area contributed by atoms with Gasteiger partial charge in [-0.3, -0.25) is 14.3 Å². The number of sulfonamides is 1. The summed E-state index contributed by atoms with van der Waals surface area (Å²) in [4.78, 5) is 27.8. The van der Waals surface area contributed by atoms with E-state index in [4.69, 9.17) is 23.2 Å². The number of rotatable bonds is 4. The van der Waals surface area contributed by atoms with Crippen LogP contribution in [0.5, 0.6) is 0 Å². The summed E-state index contributed by atoms with van der Waals surface area (Å²) < 4.78 is 28.5. The molecule has 0 spiro atoms. The minimum atomic E-state index is -4.01. The van der Waals surface area contributed by atoms with E-state index in [-0.39, 0.29) is 16.1 Å². The summed E-state index contributed by atoms with van der Waals surface area (Å²) in [6, 6.07) is 14.7. The van der Waals surface area contributed by atoms with Crippen molar-refractivity contribution < 1.29 is 8.42 Å². The molecule has 3 aromatic carbocycles. The maximum atomic E-state index is 13.0. The Kier molecular flexibility index (Phi) is 5.38. The SMILES string of the molecule is Cc1cc2[nH]c(=O)c(=O)[nH]c2cc1S(=O)(=O)Nc1ccc(-c2ccccc2Cl)c(Cl)c1. The zero-order valence-corrected chi connectivity index (χ0v) is 18.3. The molecule has 0 aliphatic carbocycles. The highest BCUT2D eigenvalue weighted by Crippen LogP contribution is 2.35. The van der Waals surface area contributed by atoms with E-state index >= 15 is 0 Å². The van der Waals surface area contributed by atoms with Crippen LogP contribution < -0.4 is 15.8 Å². The molecule has 1 heterocycles. The first-order valence-electron chi connectivity index (χ1n) is 9.00. The summed E-state index contributed by atoms with van der Waals surface area (Å²) in [5.41, 5.74) is 0.890. The fourth-order valence-corrected chi connectivity index (χ4v) is 5.05. The predicted molar refractivity (Wildman–Crippen MR) is 123 cm³/mol. The van der Waals surface area contributed by atoms with Crippen molar-refractivity contribution in [1.82, 2.24) is 9.97 Å². The third-order valence-electron chi connectivity index (χ3n) is 4.69. The van der Waals surface area contributed by atoms with E-state index in [0.29, 0.717) is 26.7 Å². The molecule has 0 unspecified atom stereocenters. The summed E-state index contributed by atoms with van der Waals surface area (Å²) in [6.07, 6.45) is 0. The molecule has 0 aliphatic heterocycles. The Morgan fingerprint density at radius 1 is 0.806 bits per heavy atom. The largest absolute Gasteiger partial charge is 0.316 e. The summed E-state index contributed by atoms with van der Waals surface area (Å²) >= 11 is 12.6. The third kappa shape index (κ3) is 4.10. The van der Waals surface area contributed by atoms with Gasteiger partial charge in [0.05, 0.1) is 26.6 Å². The fraction of sp³-hybridized carbons (Fsp3) is 0.0476. The minimum Gasteiger partial charge on any atom is -0.316 e. The van der Waals surface area contributed by atoms with Crippen LogP contribution in [0.2, 0.25) is 10.0 Å². The number of aryl methyl sites for hydroxylation is 1. The Labute approximate surface area is 186 Å². The minimum absolute atomic E-state index is 0.0472. The van der Waals surface area contributed by atoms with Crippen molar-refractivity contribution in [2.75, 3.05) is 4.72 Å². The van der Waals surface area contributed by atoms with E-state index in [1.807, 2.05) is 12.1 Å².